The van der Waals surface area contributed by atoms with Crippen LogP contribution in [0.4, 0.5) is 8.78 Å². The Labute approximate surface area is 113 Å². The fourth-order valence-electron chi connectivity index (χ4n) is 3.19. The van der Waals surface area contributed by atoms with Crippen molar-refractivity contribution in [1.29, 1.82) is 0 Å². The second kappa shape index (κ2) is 6.92. The van der Waals surface area contributed by atoms with Crippen LogP contribution in [-0.4, -0.2) is 83.8 Å². The van der Waals surface area contributed by atoms with Crippen LogP contribution < -0.4 is 0 Å². The van der Waals surface area contributed by atoms with E-state index in [-0.39, 0.29) is 25.4 Å². The van der Waals surface area contributed by atoms with E-state index in [0.29, 0.717) is 32.5 Å². The number of rotatable bonds is 8. The lowest BCUT2D eigenvalue weighted by Gasteiger charge is -2.58. The van der Waals surface area contributed by atoms with Gasteiger partial charge in [0.15, 0.2) is 0 Å². The molecular formula is C13H24F2N2O2. The molecule has 0 aromatic carbocycles. The quantitative estimate of drug-likeness (QED) is 0.622. The summed E-state index contributed by atoms with van der Waals surface area (Å²) in [4.78, 5) is 4.15. The average Bonchev–Trinajstić information content (AvgIpc) is 2.39. The van der Waals surface area contributed by atoms with Crippen molar-refractivity contribution in [3.05, 3.63) is 0 Å². The summed E-state index contributed by atoms with van der Waals surface area (Å²) in [6.45, 7) is 1.87. The predicted molar refractivity (Wildman–Crippen MR) is 68.5 cm³/mol. The molecule has 4 unspecified atom stereocenters. The highest BCUT2D eigenvalue weighted by Gasteiger charge is 2.51. The van der Waals surface area contributed by atoms with Crippen LogP contribution in [0.5, 0.6) is 0 Å². The Kier molecular flexibility index (Phi) is 5.50. The Morgan fingerprint density at radius 2 is 1.26 bits per heavy atom. The zero-order chi connectivity index (χ0) is 13.8. The Bertz CT molecular complexity index is 283. The largest absolute Gasteiger partial charge is 0.390 e. The van der Waals surface area contributed by atoms with Gasteiger partial charge in [-0.1, -0.05) is 0 Å². The first-order valence-electron chi connectivity index (χ1n) is 7.15. The summed E-state index contributed by atoms with van der Waals surface area (Å²) < 4.78 is 24.3. The molecule has 19 heavy (non-hydrogen) atoms. The lowest BCUT2D eigenvalue weighted by atomic mass is 9.82. The van der Waals surface area contributed by atoms with Crippen molar-refractivity contribution >= 4 is 0 Å². The second-order valence-electron chi connectivity index (χ2n) is 5.54. The normalized spacial score (nSPS) is 36.0. The number of nitrogens with zero attached hydrogens (tertiary/aromatic N) is 2. The van der Waals surface area contributed by atoms with Gasteiger partial charge in [0.2, 0.25) is 0 Å². The van der Waals surface area contributed by atoms with E-state index in [1.54, 1.807) is 0 Å². The monoisotopic (exact) mass is 278 g/mol. The highest BCUT2D eigenvalue weighted by molar-refractivity contribution is 5.08. The molecular weight excluding hydrogens is 254 g/mol. The summed E-state index contributed by atoms with van der Waals surface area (Å²) in [5.74, 6) is 0. The summed E-state index contributed by atoms with van der Waals surface area (Å²) >= 11 is 0. The minimum Gasteiger partial charge on any atom is -0.390 e. The number of likely N-dealkylation sites (tertiary alicyclic amines) is 2. The zero-order valence-electron chi connectivity index (χ0n) is 11.2. The van der Waals surface area contributed by atoms with Crippen LogP contribution in [0.2, 0.25) is 0 Å². The van der Waals surface area contributed by atoms with Gasteiger partial charge in [-0.05, 0) is 25.8 Å². The number of aliphatic hydroxyl groups is 2. The molecule has 2 fully saturated rings. The van der Waals surface area contributed by atoms with E-state index in [1.807, 2.05) is 4.90 Å². The first-order valence-corrected chi connectivity index (χ1v) is 7.15. The number of β-amino-alcohol motifs (C(OH)–C–C–N with tert-alkyl or cyclic N) is 2. The number of alkyl halides is 2. The fraction of sp³-hybridized carbons (Fsp3) is 1.00. The van der Waals surface area contributed by atoms with Crippen LogP contribution in [0, 0.1) is 0 Å². The molecule has 0 aliphatic carbocycles. The maximum absolute atomic E-state index is 12.2. The molecule has 2 N–H and O–H groups in total. The van der Waals surface area contributed by atoms with Gasteiger partial charge in [0.05, 0.1) is 37.6 Å². The standard InChI is InChI=1S/C13H24F2N2O2/c14-4-1-2-6-16-8-10(18)12(16)13-11(19)9-17(13)7-3-5-15/h10-13,18-19H,1-9H2. The highest BCUT2D eigenvalue weighted by Crippen LogP contribution is 2.32. The van der Waals surface area contributed by atoms with Crippen LogP contribution >= 0.6 is 0 Å². The maximum Gasteiger partial charge on any atom is 0.0906 e. The molecule has 2 aliphatic rings. The maximum atomic E-state index is 12.2. The van der Waals surface area contributed by atoms with Gasteiger partial charge in [0.1, 0.15) is 0 Å². The van der Waals surface area contributed by atoms with Crippen molar-refractivity contribution < 1.29 is 19.0 Å². The van der Waals surface area contributed by atoms with Crippen LogP contribution in [0.1, 0.15) is 19.3 Å². The Morgan fingerprint density at radius 1 is 0.789 bits per heavy atom. The fourth-order valence-corrected chi connectivity index (χ4v) is 3.19. The molecule has 0 aromatic rings. The van der Waals surface area contributed by atoms with E-state index >= 15 is 0 Å². The Balaban J connectivity index is 1.83. The Morgan fingerprint density at radius 3 is 1.68 bits per heavy atom. The molecule has 2 saturated heterocycles. The molecule has 2 heterocycles. The first-order chi connectivity index (χ1) is 9.19. The van der Waals surface area contributed by atoms with E-state index < -0.39 is 12.2 Å². The lowest BCUT2D eigenvalue weighted by molar-refractivity contribution is -0.168. The SMILES string of the molecule is OC1CN(CCCF)C1C1C(O)CN1CCCCF. The molecule has 0 saturated carbocycles. The molecule has 0 bridgehead atoms. The van der Waals surface area contributed by atoms with Gasteiger partial charge in [-0.2, -0.15) is 0 Å². The zero-order valence-corrected chi connectivity index (χ0v) is 11.2. The van der Waals surface area contributed by atoms with Crippen LogP contribution in [0.25, 0.3) is 0 Å². The summed E-state index contributed by atoms with van der Waals surface area (Å²) in [5, 5.41) is 19.8. The van der Waals surface area contributed by atoms with Gasteiger partial charge in [0.25, 0.3) is 0 Å². The molecule has 0 spiro atoms. The van der Waals surface area contributed by atoms with Gasteiger partial charge in [-0.25, -0.2) is 0 Å². The van der Waals surface area contributed by atoms with Gasteiger partial charge >= 0.3 is 0 Å². The van der Waals surface area contributed by atoms with E-state index in [4.69, 9.17) is 0 Å². The highest BCUT2D eigenvalue weighted by atomic mass is 19.1. The van der Waals surface area contributed by atoms with Gasteiger partial charge in [-0.15, -0.1) is 0 Å². The van der Waals surface area contributed by atoms with E-state index in [0.717, 1.165) is 13.0 Å². The van der Waals surface area contributed by atoms with Crippen molar-refractivity contribution in [1.82, 2.24) is 9.80 Å². The summed E-state index contributed by atoms with van der Waals surface area (Å²) in [5.41, 5.74) is 0. The summed E-state index contributed by atoms with van der Waals surface area (Å²) in [6.07, 6.45) is 0.903. The first kappa shape index (κ1) is 15.1. The molecule has 2 aliphatic heterocycles. The minimum absolute atomic E-state index is 0.0806. The third kappa shape index (κ3) is 3.24. The molecule has 0 amide bonds. The van der Waals surface area contributed by atoms with Crippen LogP contribution in [-0.2, 0) is 0 Å². The van der Waals surface area contributed by atoms with Crippen molar-refractivity contribution in [3.8, 4) is 0 Å². The van der Waals surface area contributed by atoms with E-state index in [2.05, 4.69) is 4.90 Å². The van der Waals surface area contributed by atoms with Crippen molar-refractivity contribution in [3.63, 3.8) is 0 Å². The smallest absolute Gasteiger partial charge is 0.0906 e. The third-order valence-electron chi connectivity index (χ3n) is 4.23. The van der Waals surface area contributed by atoms with E-state index in [9.17, 15) is 19.0 Å². The average molecular weight is 278 g/mol. The van der Waals surface area contributed by atoms with Crippen molar-refractivity contribution in [2.45, 2.75) is 43.6 Å². The topological polar surface area (TPSA) is 46.9 Å². The van der Waals surface area contributed by atoms with Gasteiger partial charge < -0.3 is 10.2 Å². The number of halogens is 2. The third-order valence-corrected chi connectivity index (χ3v) is 4.23. The lowest BCUT2D eigenvalue weighted by Crippen LogP contribution is -2.76. The summed E-state index contributed by atoms with van der Waals surface area (Å²) in [6, 6.07) is -0.177. The summed E-state index contributed by atoms with van der Waals surface area (Å²) in [7, 11) is 0. The van der Waals surface area contributed by atoms with Gasteiger partial charge in [0, 0.05) is 19.6 Å². The number of hydrogen-bond donors (Lipinski definition) is 2. The minimum atomic E-state index is -0.441. The molecule has 6 heteroatoms. The predicted octanol–water partition coefficient (Wildman–Crippen LogP) is 0.186. The van der Waals surface area contributed by atoms with E-state index in [1.165, 1.54) is 0 Å². The van der Waals surface area contributed by atoms with Crippen molar-refractivity contribution in [2.75, 3.05) is 39.5 Å². The molecule has 112 valence electrons. The number of hydrogen-bond acceptors (Lipinski definition) is 4. The number of unbranched alkanes of at least 4 members (excludes halogenated alkanes) is 1. The second-order valence-corrected chi connectivity index (χ2v) is 5.54. The molecule has 2 rings (SSSR count). The molecule has 4 nitrogen and oxygen atoms in total. The van der Waals surface area contributed by atoms with Crippen LogP contribution in [0.15, 0.2) is 0 Å². The van der Waals surface area contributed by atoms with Crippen molar-refractivity contribution in [2.24, 2.45) is 0 Å². The Hall–Kier alpha value is -0.300. The molecule has 0 aromatic heterocycles. The number of aliphatic hydroxyl groups excluding tert-OH is 2. The van der Waals surface area contributed by atoms with Crippen LogP contribution in [0.3, 0.4) is 0 Å². The van der Waals surface area contributed by atoms with Gasteiger partial charge in [-0.3, -0.25) is 18.6 Å². The molecule has 4 atom stereocenters. The molecule has 0 radical (unpaired) electrons.